The molecule has 2 rings (SSSR count). The number of aryl methyl sites for hydroxylation is 1. The molecule has 1 amide bonds. The third-order valence-corrected chi connectivity index (χ3v) is 3.46. The summed E-state index contributed by atoms with van der Waals surface area (Å²) in [5, 5.41) is 6.79. The number of hydrogen-bond acceptors (Lipinski definition) is 3. The summed E-state index contributed by atoms with van der Waals surface area (Å²) in [6.07, 6.45) is 1.78. The SMILES string of the molecule is Cc1ccc(Cl)cc1NCC(=O)NC1CCOCC1. The summed E-state index contributed by atoms with van der Waals surface area (Å²) in [5.41, 5.74) is 1.97. The third-order valence-electron chi connectivity index (χ3n) is 3.23. The zero-order valence-corrected chi connectivity index (χ0v) is 11.8. The van der Waals surface area contributed by atoms with Crippen LogP contribution in [0.1, 0.15) is 18.4 Å². The van der Waals surface area contributed by atoms with Crippen LogP contribution in [0, 0.1) is 6.92 Å². The van der Waals surface area contributed by atoms with Crippen LogP contribution in [0.3, 0.4) is 0 Å². The van der Waals surface area contributed by atoms with Crippen molar-refractivity contribution in [1.29, 1.82) is 0 Å². The van der Waals surface area contributed by atoms with Gasteiger partial charge in [-0.2, -0.15) is 0 Å². The molecule has 0 unspecified atom stereocenters. The van der Waals surface area contributed by atoms with Crippen LogP contribution >= 0.6 is 11.6 Å². The Hall–Kier alpha value is -1.26. The molecule has 2 N–H and O–H groups in total. The largest absolute Gasteiger partial charge is 0.381 e. The predicted molar refractivity (Wildman–Crippen MR) is 76.7 cm³/mol. The molecule has 0 atom stereocenters. The number of benzene rings is 1. The van der Waals surface area contributed by atoms with Crippen molar-refractivity contribution in [3.8, 4) is 0 Å². The lowest BCUT2D eigenvalue weighted by Gasteiger charge is -2.23. The smallest absolute Gasteiger partial charge is 0.239 e. The van der Waals surface area contributed by atoms with Gasteiger partial charge in [0.2, 0.25) is 5.91 Å². The van der Waals surface area contributed by atoms with Crippen molar-refractivity contribution in [2.75, 3.05) is 25.1 Å². The first-order chi connectivity index (χ1) is 9.15. The predicted octanol–water partition coefficient (Wildman–Crippen LogP) is 2.36. The minimum atomic E-state index is 0.00581. The summed E-state index contributed by atoms with van der Waals surface area (Å²) < 4.78 is 5.26. The van der Waals surface area contributed by atoms with Crippen molar-refractivity contribution in [1.82, 2.24) is 5.32 Å². The third kappa shape index (κ3) is 4.40. The molecule has 1 saturated heterocycles. The van der Waals surface area contributed by atoms with Gasteiger partial charge in [0.1, 0.15) is 0 Å². The summed E-state index contributed by atoms with van der Waals surface area (Å²) in [7, 11) is 0. The molecule has 4 nitrogen and oxygen atoms in total. The second-order valence-corrected chi connectivity index (χ2v) is 5.20. The van der Waals surface area contributed by atoms with Gasteiger partial charge in [-0.1, -0.05) is 17.7 Å². The van der Waals surface area contributed by atoms with Crippen molar-refractivity contribution < 1.29 is 9.53 Å². The van der Waals surface area contributed by atoms with Crippen molar-refractivity contribution in [2.45, 2.75) is 25.8 Å². The van der Waals surface area contributed by atoms with Gasteiger partial charge in [0, 0.05) is 30.0 Å². The summed E-state index contributed by atoms with van der Waals surface area (Å²) in [6, 6.07) is 5.84. The van der Waals surface area contributed by atoms with Gasteiger partial charge in [0.25, 0.3) is 0 Å². The molecule has 104 valence electrons. The Morgan fingerprint density at radius 3 is 2.89 bits per heavy atom. The fourth-order valence-corrected chi connectivity index (χ4v) is 2.25. The molecule has 19 heavy (non-hydrogen) atoms. The van der Waals surface area contributed by atoms with Gasteiger partial charge in [-0.3, -0.25) is 4.79 Å². The van der Waals surface area contributed by atoms with E-state index in [1.807, 2.05) is 25.1 Å². The van der Waals surface area contributed by atoms with Crippen LogP contribution in [-0.2, 0) is 9.53 Å². The van der Waals surface area contributed by atoms with E-state index in [0.717, 1.165) is 37.3 Å². The second-order valence-electron chi connectivity index (χ2n) is 4.77. The van der Waals surface area contributed by atoms with Gasteiger partial charge >= 0.3 is 0 Å². The molecule has 0 spiro atoms. The zero-order chi connectivity index (χ0) is 13.7. The summed E-state index contributed by atoms with van der Waals surface area (Å²) >= 11 is 5.93. The Bertz CT molecular complexity index is 445. The number of nitrogens with one attached hydrogen (secondary N) is 2. The minimum absolute atomic E-state index is 0.00581. The summed E-state index contributed by atoms with van der Waals surface area (Å²) in [4.78, 5) is 11.8. The van der Waals surface area contributed by atoms with Gasteiger partial charge in [0.05, 0.1) is 6.54 Å². The zero-order valence-electron chi connectivity index (χ0n) is 11.0. The second kappa shape index (κ2) is 6.78. The van der Waals surface area contributed by atoms with Crippen LogP contribution in [0.2, 0.25) is 5.02 Å². The van der Waals surface area contributed by atoms with E-state index in [0.29, 0.717) is 5.02 Å². The molecule has 1 aromatic rings. The molecule has 0 radical (unpaired) electrons. The van der Waals surface area contributed by atoms with Crippen molar-refractivity contribution in [2.24, 2.45) is 0 Å². The number of hydrogen-bond donors (Lipinski definition) is 2. The van der Waals surface area contributed by atoms with Crippen LogP contribution in [0.15, 0.2) is 18.2 Å². The van der Waals surface area contributed by atoms with E-state index in [4.69, 9.17) is 16.3 Å². The average molecular weight is 283 g/mol. The summed E-state index contributed by atoms with van der Waals surface area (Å²) in [6.45, 7) is 3.70. The van der Waals surface area contributed by atoms with Gasteiger partial charge in [-0.05, 0) is 37.5 Å². The number of ether oxygens (including phenoxy) is 1. The van der Waals surface area contributed by atoms with Gasteiger partial charge in [-0.25, -0.2) is 0 Å². The first-order valence-corrected chi connectivity index (χ1v) is 6.90. The van der Waals surface area contributed by atoms with E-state index in [1.165, 1.54) is 0 Å². The number of carbonyl (C=O) groups is 1. The Balaban J connectivity index is 1.81. The number of anilines is 1. The molecule has 1 aliphatic rings. The number of rotatable bonds is 4. The van der Waals surface area contributed by atoms with Crippen LogP contribution in [0.5, 0.6) is 0 Å². The molecule has 1 aliphatic heterocycles. The number of carbonyl (C=O) groups excluding carboxylic acids is 1. The van der Waals surface area contributed by atoms with Crippen LogP contribution < -0.4 is 10.6 Å². The first-order valence-electron chi connectivity index (χ1n) is 6.52. The van der Waals surface area contributed by atoms with E-state index in [9.17, 15) is 4.79 Å². The van der Waals surface area contributed by atoms with E-state index >= 15 is 0 Å². The summed E-state index contributed by atoms with van der Waals surface area (Å²) in [5.74, 6) is 0.00581. The molecular weight excluding hydrogens is 264 g/mol. The normalized spacial score (nSPS) is 16.1. The fraction of sp³-hybridized carbons (Fsp3) is 0.500. The minimum Gasteiger partial charge on any atom is -0.381 e. The topological polar surface area (TPSA) is 50.4 Å². The highest BCUT2D eigenvalue weighted by atomic mass is 35.5. The van der Waals surface area contributed by atoms with Crippen LogP contribution in [0.25, 0.3) is 0 Å². The maximum atomic E-state index is 11.8. The Kier molecular flexibility index (Phi) is 5.05. The van der Waals surface area contributed by atoms with Crippen molar-refractivity contribution >= 4 is 23.2 Å². The lowest BCUT2D eigenvalue weighted by atomic mass is 10.1. The van der Waals surface area contributed by atoms with Gasteiger partial charge in [-0.15, -0.1) is 0 Å². The Morgan fingerprint density at radius 1 is 1.42 bits per heavy atom. The van der Waals surface area contributed by atoms with E-state index < -0.39 is 0 Å². The van der Waals surface area contributed by atoms with Gasteiger partial charge < -0.3 is 15.4 Å². The highest BCUT2D eigenvalue weighted by molar-refractivity contribution is 6.30. The van der Waals surface area contributed by atoms with Crippen LogP contribution in [0.4, 0.5) is 5.69 Å². The van der Waals surface area contributed by atoms with Crippen molar-refractivity contribution in [3.05, 3.63) is 28.8 Å². The molecule has 5 heteroatoms. The molecule has 0 aromatic heterocycles. The van der Waals surface area contributed by atoms with Crippen LogP contribution in [-0.4, -0.2) is 31.7 Å². The maximum absolute atomic E-state index is 11.8. The molecule has 1 aromatic carbocycles. The van der Waals surface area contributed by atoms with E-state index in [2.05, 4.69) is 10.6 Å². The van der Waals surface area contributed by atoms with E-state index in [1.54, 1.807) is 0 Å². The highest BCUT2D eigenvalue weighted by Crippen LogP contribution is 2.19. The molecule has 1 fully saturated rings. The number of halogens is 1. The average Bonchev–Trinajstić information content (AvgIpc) is 2.41. The standard InChI is InChI=1S/C14H19ClN2O2/c1-10-2-3-11(15)8-13(10)16-9-14(18)17-12-4-6-19-7-5-12/h2-3,8,12,16H,4-7,9H2,1H3,(H,17,18). The monoisotopic (exact) mass is 282 g/mol. The lowest BCUT2D eigenvalue weighted by Crippen LogP contribution is -2.41. The number of amides is 1. The maximum Gasteiger partial charge on any atom is 0.239 e. The van der Waals surface area contributed by atoms with Crippen molar-refractivity contribution in [3.63, 3.8) is 0 Å². The Labute approximate surface area is 118 Å². The molecule has 0 saturated carbocycles. The lowest BCUT2D eigenvalue weighted by molar-refractivity contribution is -0.120. The quantitative estimate of drug-likeness (QED) is 0.891. The molecule has 0 bridgehead atoms. The Morgan fingerprint density at radius 2 is 2.16 bits per heavy atom. The highest BCUT2D eigenvalue weighted by Gasteiger charge is 2.15. The van der Waals surface area contributed by atoms with E-state index in [-0.39, 0.29) is 18.5 Å². The first kappa shape index (κ1) is 14.2. The molecular formula is C14H19ClN2O2. The van der Waals surface area contributed by atoms with Gasteiger partial charge in [0.15, 0.2) is 0 Å². The molecule has 1 heterocycles. The molecule has 0 aliphatic carbocycles. The fourth-order valence-electron chi connectivity index (χ4n) is 2.08.